The number of nitrogens with zero attached hydrogens (tertiary/aromatic N) is 1. The van der Waals surface area contributed by atoms with Gasteiger partial charge in [-0.3, -0.25) is 15.0 Å². The number of hydrogen-bond acceptors (Lipinski definition) is 5. The number of carbonyl (C=O) groups is 2. The van der Waals surface area contributed by atoms with Gasteiger partial charge in [-0.25, -0.2) is 5.01 Å². The molecule has 2 atom stereocenters. The van der Waals surface area contributed by atoms with Crippen molar-refractivity contribution in [3.8, 4) is 17.2 Å². The van der Waals surface area contributed by atoms with Crippen LogP contribution in [0, 0.1) is 0 Å². The Kier molecular flexibility index (Phi) is 5.41. The molecule has 0 bridgehead atoms. The number of methoxy groups -OCH3 is 3. The molecule has 1 fully saturated rings. The van der Waals surface area contributed by atoms with Gasteiger partial charge < -0.3 is 14.2 Å². The maximum Gasteiger partial charge on any atom is 0.270 e. The highest BCUT2D eigenvalue weighted by atomic mass is 35.5. The van der Waals surface area contributed by atoms with Crippen LogP contribution in [0.1, 0.15) is 22.0 Å². The van der Waals surface area contributed by atoms with Crippen molar-refractivity contribution < 1.29 is 23.8 Å². The van der Waals surface area contributed by atoms with Gasteiger partial charge in [-0.05, 0) is 17.7 Å². The molecule has 1 saturated heterocycles. The van der Waals surface area contributed by atoms with Gasteiger partial charge in [0.05, 0.1) is 21.3 Å². The van der Waals surface area contributed by atoms with Crippen molar-refractivity contribution in [3.63, 3.8) is 0 Å². The third kappa shape index (κ3) is 3.38. The SMILES string of the molecule is COc1cc(C(=O)NN2C(=O)[C@H](Cl)[C@H]2c2ccccc2)cc(OC)c1OC. The third-order valence-corrected chi connectivity index (χ3v) is 4.74. The summed E-state index contributed by atoms with van der Waals surface area (Å²) < 4.78 is 15.8. The van der Waals surface area contributed by atoms with Crippen LogP contribution in [0.2, 0.25) is 0 Å². The van der Waals surface area contributed by atoms with Gasteiger partial charge in [-0.2, -0.15) is 0 Å². The van der Waals surface area contributed by atoms with E-state index in [2.05, 4.69) is 5.43 Å². The molecule has 1 heterocycles. The van der Waals surface area contributed by atoms with E-state index in [0.29, 0.717) is 17.2 Å². The Bertz CT molecular complexity index is 833. The molecule has 1 aliphatic heterocycles. The quantitative estimate of drug-likeness (QED) is 0.606. The van der Waals surface area contributed by atoms with Gasteiger partial charge in [0.2, 0.25) is 5.75 Å². The van der Waals surface area contributed by atoms with Gasteiger partial charge in [-0.15, -0.1) is 11.6 Å². The van der Waals surface area contributed by atoms with Gasteiger partial charge in [0, 0.05) is 5.56 Å². The van der Waals surface area contributed by atoms with Crippen molar-refractivity contribution in [2.24, 2.45) is 0 Å². The zero-order valence-corrected chi connectivity index (χ0v) is 15.8. The van der Waals surface area contributed by atoms with Crippen LogP contribution < -0.4 is 19.6 Å². The average Bonchev–Trinajstić information content (AvgIpc) is 2.72. The molecule has 2 aromatic rings. The number of amides is 2. The molecule has 7 nitrogen and oxygen atoms in total. The lowest BCUT2D eigenvalue weighted by Crippen LogP contribution is -2.63. The van der Waals surface area contributed by atoms with Crippen LogP contribution in [0.4, 0.5) is 0 Å². The molecule has 3 rings (SSSR count). The number of hydrazine groups is 1. The summed E-state index contributed by atoms with van der Waals surface area (Å²) in [7, 11) is 4.40. The minimum atomic E-state index is -0.729. The predicted molar refractivity (Wildman–Crippen MR) is 99.2 cm³/mol. The second-order valence-electron chi connectivity index (χ2n) is 5.82. The van der Waals surface area contributed by atoms with E-state index >= 15 is 0 Å². The van der Waals surface area contributed by atoms with Crippen LogP contribution in [0.5, 0.6) is 17.2 Å². The number of nitrogens with one attached hydrogen (secondary N) is 1. The molecule has 142 valence electrons. The van der Waals surface area contributed by atoms with Crippen molar-refractivity contribution in [1.82, 2.24) is 10.4 Å². The molecule has 2 amide bonds. The summed E-state index contributed by atoms with van der Waals surface area (Å²) in [6.07, 6.45) is 0. The number of alkyl halides is 1. The Morgan fingerprint density at radius 3 is 2.15 bits per heavy atom. The maximum atomic E-state index is 12.7. The summed E-state index contributed by atoms with van der Waals surface area (Å²) in [5, 5.41) is 0.506. The van der Waals surface area contributed by atoms with Crippen molar-refractivity contribution in [2.75, 3.05) is 21.3 Å². The molecule has 0 unspecified atom stereocenters. The van der Waals surface area contributed by atoms with Crippen LogP contribution in [-0.2, 0) is 4.79 Å². The zero-order valence-electron chi connectivity index (χ0n) is 15.1. The fourth-order valence-electron chi connectivity index (χ4n) is 2.93. The van der Waals surface area contributed by atoms with Crippen molar-refractivity contribution in [2.45, 2.75) is 11.4 Å². The maximum absolute atomic E-state index is 12.7. The third-order valence-electron chi connectivity index (χ3n) is 4.32. The largest absolute Gasteiger partial charge is 0.493 e. The summed E-state index contributed by atoms with van der Waals surface area (Å²) in [6.45, 7) is 0. The molecular weight excluding hydrogens is 372 g/mol. The van der Waals surface area contributed by atoms with E-state index in [9.17, 15) is 9.59 Å². The fourth-order valence-corrected chi connectivity index (χ4v) is 3.30. The minimum absolute atomic E-state index is 0.252. The summed E-state index contributed by atoms with van der Waals surface area (Å²) in [5.74, 6) is 0.191. The van der Waals surface area contributed by atoms with Crippen molar-refractivity contribution >= 4 is 23.4 Å². The molecule has 0 aromatic heterocycles. The molecular formula is C19H19ClN2O5. The topological polar surface area (TPSA) is 77.1 Å². The molecule has 1 N–H and O–H groups in total. The molecule has 0 saturated carbocycles. The number of halogens is 1. The molecule has 0 aliphatic carbocycles. The van der Waals surface area contributed by atoms with Crippen molar-refractivity contribution in [3.05, 3.63) is 53.6 Å². The number of carbonyl (C=O) groups excluding carboxylic acids is 2. The standard InChI is InChI=1S/C19H19ClN2O5/c1-25-13-9-12(10-14(26-2)17(13)27-3)18(23)21-22-16(15(20)19(22)24)11-7-5-4-6-8-11/h4-10,15-16H,1-3H3,(H,21,23)/t15-,16-/m1/s1. The Morgan fingerprint density at radius 2 is 1.63 bits per heavy atom. The first-order valence-electron chi connectivity index (χ1n) is 8.15. The molecule has 0 radical (unpaired) electrons. The first kappa shape index (κ1) is 18.8. The lowest BCUT2D eigenvalue weighted by Gasteiger charge is -2.43. The van der Waals surface area contributed by atoms with E-state index in [-0.39, 0.29) is 11.5 Å². The van der Waals surface area contributed by atoms with Gasteiger partial charge in [-0.1, -0.05) is 30.3 Å². The van der Waals surface area contributed by atoms with E-state index in [0.717, 1.165) is 5.56 Å². The number of hydrogen-bond donors (Lipinski definition) is 1. The van der Waals surface area contributed by atoms with E-state index in [1.165, 1.54) is 38.5 Å². The molecule has 2 aromatic carbocycles. The number of ether oxygens (including phenoxy) is 3. The Morgan fingerprint density at radius 1 is 1.04 bits per heavy atom. The van der Waals surface area contributed by atoms with Crippen LogP contribution in [-0.4, -0.2) is 43.5 Å². The smallest absolute Gasteiger partial charge is 0.270 e. The predicted octanol–water partition coefficient (Wildman–Crippen LogP) is 2.55. The van der Waals surface area contributed by atoms with Gasteiger partial charge in [0.1, 0.15) is 11.4 Å². The lowest BCUT2D eigenvalue weighted by atomic mass is 9.95. The molecule has 27 heavy (non-hydrogen) atoms. The summed E-state index contributed by atoms with van der Waals surface area (Å²) in [6, 6.07) is 11.9. The van der Waals surface area contributed by atoms with Gasteiger partial charge >= 0.3 is 0 Å². The Balaban J connectivity index is 1.85. The fraction of sp³-hybridized carbons (Fsp3) is 0.263. The van der Waals surface area contributed by atoms with Gasteiger partial charge in [0.25, 0.3) is 11.8 Å². The molecule has 8 heteroatoms. The minimum Gasteiger partial charge on any atom is -0.493 e. The first-order valence-corrected chi connectivity index (χ1v) is 8.58. The van der Waals surface area contributed by atoms with Crippen molar-refractivity contribution in [1.29, 1.82) is 0 Å². The second-order valence-corrected chi connectivity index (χ2v) is 6.29. The van der Waals surface area contributed by atoms with Crippen LogP contribution in [0.3, 0.4) is 0 Å². The first-order chi connectivity index (χ1) is 13.0. The zero-order chi connectivity index (χ0) is 19.6. The summed E-state index contributed by atoms with van der Waals surface area (Å²) in [4.78, 5) is 24.9. The van der Waals surface area contributed by atoms with Crippen LogP contribution in [0.25, 0.3) is 0 Å². The monoisotopic (exact) mass is 390 g/mol. The molecule has 1 aliphatic rings. The van der Waals surface area contributed by atoms with E-state index < -0.39 is 17.3 Å². The number of benzene rings is 2. The second kappa shape index (κ2) is 7.75. The molecule has 0 spiro atoms. The van der Waals surface area contributed by atoms with E-state index in [4.69, 9.17) is 25.8 Å². The van der Waals surface area contributed by atoms with E-state index in [1.54, 1.807) is 0 Å². The lowest BCUT2D eigenvalue weighted by molar-refractivity contribution is -0.149. The normalized spacial score (nSPS) is 18.5. The highest BCUT2D eigenvalue weighted by molar-refractivity contribution is 6.33. The average molecular weight is 391 g/mol. The Labute approximate surface area is 161 Å². The number of rotatable bonds is 6. The Hall–Kier alpha value is -2.93. The van der Waals surface area contributed by atoms with E-state index in [1.807, 2.05) is 30.3 Å². The van der Waals surface area contributed by atoms with Crippen LogP contribution >= 0.6 is 11.6 Å². The summed E-state index contributed by atoms with van der Waals surface area (Å²) in [5.41, 5.74) is 3.70. The van der Waals surface area contributed by atoms with Crippen LogP contribution in [0.15, 0.2) is 42.5 Å². The summed E-state index contributed by atoms with van der Waals surface area (Å²) >= 11 is 6.16. The van der Waals surface area contributed by atoms with Gasteiger partial charge in [0.15, 0.2) is 11.5 Å². The number of β-lactam (4-membered cyclic amide) rings is 1. The highest BCUT2D eigenvalue weighted by Gasteiger charge is 2.48. The highest BCUT2D eigenvalue weighted by Crippen LogP contribution is 2.39.